The van der Waals surface area contributed by atoms with Crippen molar-refractivity contribution in [3.63, 3.8) is 0 Å². The maximum atomic E-state index is 12.5. The summed E-state index contributed by atoms with van der Waals surface area (Å²) in [6.07, 6.45) is -1.20. The molecular weight excluding hydrogens is 376 g/mol. The van der Waals surface area contributed by atoms with Crippen LogP contribution in [0.5, 0.6) is 0 Å². The number of benzene rings is 2. The second-order valence-corrected chi connectivity index (χ2v) is 7.20. The number of urea groups is 1. The maximum absolute atomic E-state index is 12.5. The largest absolute Gasteiger partial charge is 0.447 e. The Kier molecular flexibility index (Phi) is 8.07. The minimum absolute atomic E-state index is 0.0576. The summed E-state index contributed by atoms with van der Waals surface area (Å²) in [5.74, 6) is -1.17. The Morgan fingerprint density at radius 1 is 1.07 bits per heavy atom. The van der Waals surface area contributed by atoms with Gasteiger partial charge in [0.25, 0.3) is 5.91 Å². The molecule has 2 aromatic carbocycles. The molecule has 0 fully saturated rings. The van der Waals surface area contributed by atoms with Gasteiger partial charge in [-0.15, -0.1) is 11.8 Å². The predicted molar refractivity (Wildman–Crippen MR) is 109 cm³/mol. The highest BCUT2D eigenvalue weighted by molar-refractivity contribution is 8.00. The summed E-state index contributed by atoms with van der Waals surface area (Å²) in [7, 11) is 0. The second kappa shape index (κ2) is 10.5. The molecule has 148 valence electrons. The third-order valence-corrected chi connectivity index (χ3v) is 4.98. The van der Waals surface area contributed by atoms with Crippen LogP contribution >= 0.6 is 11.8 Å². The Morgan fingerprint density at radius 3 is 2.46 bits per heavy atom. The number of thioether (sulfide) groups is 1. The van der Waals surface area contributed by atoms with Gasteiger partial charge >= 0.3 is 12.0 Å². The Morgan fingerprint density at radius 2 is 1.79 bits per heavy atom. The fourth-order valence-electron chi connectivity index (χ4n) is 2.45. The molecule has 0 radical (unpaired) electrons. The lowest BCUT2D eigenvalue weighted by Crippen LogP contribution is -2.42. The second-order valence-electron chi connectivity index (χ2n) is 6.19. The average Bonchev–Trinajstić information content (AvgIpc) is 2.67. The number of imide groups is 1. The number of rotatable bonds is 7. The van der Waals surface area contributed by atoms with Crippen LogP contribution in [-0.2, 0) is 14.3 Å². The van der Waals surface area contributed by atoms with E-state index in [-0.39, 0.29) is 5.75 Å². The van der Waals surface area contributed by atoms with Crippen LogP contribution in [0, 0.1) is 13.8 Å². The van der Waals surface area contributed by atoms with Crippen LogP contribution in [0.4, 0.5) is 4.79 Å². The van der Waals surface area contributed by atoms with Gasteiger partial charge in [0.05, 0.1) is 5.75 Å². The van der Waals surface area contributed by atoms with Crippen LogP contribution in [0.3, 0.4) is 0 Å². The van der Waals surface area contributed by atoms with E-state index in [1.807, 2.05) is 32.0 Å². The summed E-state index contributed by atoms with van der Waals surface area (Å²) in [5, 5.41) is 4.68. The van der Waals surface area contributed by atoms with Crippen LogP contribution in [0.15, 0.2) is 53.4 Å². The molecule has 0 aromatic heterocycles. The Hall–Kier alpha value is -2.80. The summed E-state index contributed by atoms with van der Waals surface area (Å²) in [6.45, 7) is 6.07. The van der Waals surface area contributed by atoms with E-state index in [4.69, 9.17) is 4.74 Å². The first kappa shape index (κ1) is 21.5. The molecule has 0 aliphatic rings. The van der Waals surface area contributed by atoms with E-state index in [1.165, 1.54) is 11.8 Å². The minimum atomic E-state index is -1.20. The van der Waals surface area contributed by atoms with Gasteiger partial charge in [-0.3, -0.25) is 14.9 Å². The zero-order valence-electron chi connectivity index (χ0n) is 16.2. The Bertz CT molecular complexity index is 840. The quantitative estimate of drug-likeness (QED) is 0.549. The normalized spacial score (nSPS) is 11.4. The number of carbonyl (C=O) groups excluding carboxylic acids is 3. The molecule has 0 bridgehead atoms. The van der Waals surface area contributed by atoms with E-state index in [0.717, 1.165) is 16.0 Å². The van der Waals surface area contributed by atoms with Gasteiger partial charge in [-0.1, -0.05) is 48.0 Å². The highest BCUT2D eigenvalue weighted by Gasteiger charge is 2.26. The number of hydrogen-bond donors (Lipinski definition) is 2. The Balaban J connectivity index is 2.06. The van der Waals surface area contributed by atoms with Crippen molar-refractivity contribution in [3.05, 3.63) is 65.2 Å². The molecule has 0 aliphatic carbocycles. The van der Waals surface area contributed by atoms with Crippen LogP contribution in [0.25, 0.3) is 0 Å². The Labute approximate surface area is 169 Å². The van der Waals surface area contributed by atoms with E-state index in [1.54, 1.807) is 37.3 Å². The molecule has 7 heteroatoms. The SMILES string of the molecule is CCNC(=O)NC(=O)[C@H](OC(=O)CSc1cc(C)ccc1C)c1ccccc1. The topological polar surface area (TPSA) is 84.5 Å². The van der Waals surface area contributed by atoms with Crippen molar-refractivity contribution < 1.29 is 19.1 Å². The van der Waals surface area contributed by atoms with Crippen molar-refractivity contribution in [2.45, 2.75) is 31.8 Å². The monoisotopic (exact) mass is 400 g/mol. The summed E-state index contributed by atoms with van der Waals surface area (Å²) < 4.78 is 5.42. The summed E-state index contributed by atoms with van der Waals surface area (Å²) in [6, 6.07) is 14.0. The summed E-state index contributed by atoms with van der Waals surface area (Å²) >= 11 is 1.35. The lowest BCUT2D eigenvalue weighted by molar-refractivity contribution is -0.153. The highest BCUT2D eigenvalue weighted by atomic mass is 32.2. The molecule has 0 heterocycles. The molecule has 1 atom stereocenters. The third-order valence-electron chi connectivity index (χ3n) is 3.85. The summed E-state index contributed by atoms with van der Waals surface area (Å²) in [4.78, 5) is 37.5. The highest BCUT2D eigenvalue weighted by Crippen LogP contribution is 2.25. The van der Waals surface area contributed by atoms with Crippen molar-refractivity contribution in [1.82, 2.24) is 10.6 Å². The molecule has 2 aromatic rings. The lowest BCUT2D eigenvalue weighted by Gasteiger charge is -2.18. The number of esters is 1. The zero-order valence-corrected chi connectivity index (χ0v) is 17.0. The molecule has 0 saturated carbocycles. The van der Waals surface area contributed by atoms with E-state index in [2.05, 4.69) is 10.6 Å². The number of ether oxygens (including phenoxy) is 1. The molecule has 0 aliphatic heterocycles. The van der Waals surface area contributed by atoms with Crippen molar-refractivity contribution in [2.75, 3.05) is 12.3 Å². The standard InChI is InChI=1S/C21H24N2O4S/c1-4-22-21(26)23-20(25)19(16-8-6-5-7-9-16)27-18(24)13-28-17-12-14(2)10-11-15(17)3/h5-12,19H,4,13H2,1-3H3,(H2,22,23,25,26)/t19-/m1/s1. The minimum Gasteiger partial charge on any atom is -0.447 e. The number of aryl methyl sites for hydroxylation is 2. The van der Waals surface area contributed by atoms with Gasteiger partial charge in [0.1, 0.15) is 0 Å². The smallest absolute Gasteiger partial charge is 0.321 e. The fraction of sp³-hybridized carbons (Fsp3) is 0.286. The predicted octanol–water partition coefficient (Wildman–Crippen LogP) is 3.53. The molecule has 2 N–H and O–H groups in total. The number of amides is 3. The van der Waals surface area contributed by atoms with Gasteiger partial charge in [0, 0.05) is 17.0 Å². The van der Waals surface area contributed by atoms with Crippen molar-refractivity contribution >= 4 is 29.7 Å². The van der Waals surface area contributed by atoms with Gasteiger partial charge in [-0.05, 0) is 32.4 Å². The van der Waals surface area contributed by atoms with Crippen LogP contribution in [-0.4, -0.2) is 30.2 Å². The van der Waals surface area contributed by atoms with Crippen molar-refractivity contribution in [2.24, 2.45) is 0 Å². The van der Waals surface area contributed by atoms with Crippen LogP contribution < -0.4 is 10.6 Å². The maximum Gasteiger partial charge on any atom is 0.321 e. The number of carbonyl (C=O) groups is 3. The van der Waals surface area contributed by atoms with Gasteiger partial charge in [0.15, 0.2) is 0 Å². The van der Waals surface area contributed by atoms with E-state index >= 15 is 0 Å². The first-order chi connectivity index (χ1) is 13.4. The van der Waals surface area contributed by atoms with Gasteiger partial charge in [-0.25, -0.2) is 4.79 Å². The lowest BCUT2D eigenvalue weighted by atomic mass is 10.1. The molecule has 6 nitrogen and oxygen atoms in total. The molecule has 0 unspecified atom stereocenters. The molecule has 0 saturated heterocycles. The van der Waals surface area contributed by atoms with Gasteiger partial charge in [0.2, 0.25) is 6.10 Å². The number of hydrogen-bond acceptors (Lipinski definition) is 5. The first-order valence-electron chi connectivity index (χ1n) is 8.94. The van der Waals surface area contributed by atoms with Crippen LogP contribution in [0.1, 0.15) is 29.7 Å². The van der Waals surface area contributed by atoms with Crippen LogP contribution in [0.2, 0.25) is 0 Å². The van der Waals surface area contributed by atoms with Gasteiger partial charge < -0.3 is 10.1 Å². The molecule has 2 rings (SSSR count). The van der Waals surface area contributed by atoms with E-state index in [0.29, 0.717) is 12.1 Å². The fourth-order valence-corrected chi connectivity index (χ4v) is 3.35. The van der Waals surface area contributed by atoms with E-state index < -0.39 is 24.0 Å². The molecular formula is C21H24N2O4S. The zero-order chi connectivity index (χ0) is 20.5. The van der Waals surface area contributed by atoms with Crippen molar-refractivity contribution in [1.29, 1.82) is 0 Å². The average molecular weight is 401 g/mol. The first-order valence-corrected chi connectivity index (χ1v) is 9.92. The van der Waals surface area contributed by atoms with E-state index in [9.17, 15) is 14.4 Å². The third kappa shape index (κ3) is 6.42. The van der Waals surface area contributed by atoms with Gasteiger partial charge in [-0.2, -0.15) is 0 Å². The summed E-state index contributed by atoms with van der Waals surface area (Å²) in [5.41, 5.74) is 2.66. The van der Waals surface area contributed by atoms with Crippen molar-refractivity contribution in [3.8, 4) is 0 Å². The molecule has 3 amide bonds. The molecule has 0 spiro atoms. The molecule has 28 heavy (non-hydrogen) atoms. The number of nitrogens with one attached hydrogen (secondary N) is 2.